The molecule has 323 valence electrons. The van der Waals surface area contributed by atoms with E-state index in [9.17, 15) is 26.3 Å². The molecule has 9 rings (SSSR count). The van der Waals surface area contributed by atoms with Gasteiger partial charge in [0.25, 0.3) is 0 Å². The molecule has 3 saturated heterocycles. The van der Waals surface area contributed by atoms with Gasteiger partial charge in [0.15, 0.2) is 34.9 Å². The molecule has 7 nitrogen and oxygen atoms in total. The van der Waals surface area contributed by atoms with Crippen LogP contribution >= 0.6 is 15.9 Å². The third-order valence-corrected chi connectivity index (χ3v) is 10.9. The Hall–Kier alpha value is -4.37. The number of anilines is 3. The molecule has 3 aliphatic heterocycles. The fraction of sp³-hybridized carbons (Fsp3) is 0.298. The topological polar surface area (TPSA) is 68.6 Å². The van der Waals surface area contributed by atoms with Crippen molar-refractivity contribution in [2.24, 2.45) is 0 Å². The first kappa shape index (κ1) is 48.7. The van der Waals surface area contributed by atoms with E-state index in [0.717, 1.165) is 70.5 Å². The van der Waals surface area contributed by atoms with Crippen molar-refractivity contribution in [3.05, 3.63) is 154 Å². The molecule has 62 heavy (non-hydrogen) atoms. The van der Waals surface area contributed by atoms with Crippen LogP contribution in [0.25, 0.3) is 22.3 Å². The molecule has 1 radical (unpaired) electrons. The van der Waals surface area contributed by atoms with Gasteiger partial charge in [0.05, 0.1) is 6.61 Å². The number of halogens is 7. The molecule has 0 unspecified atom stereocenters. The van der Waals surface area contributed by atoms with E-state index in [1.807, 2.05) is 28.5 Å². The van der Waals surface area contributed by atoms with Crippen molar-refractivity contribution in [3.63, 3.8) is 0 Å². The first-order valence-corrected chi connectivity index (χ1v) is 21.0. The number of nitrogens with zero attached hydrogens (tertiary/aromatic N) is 6. The predicted octanol–water partition coefficient (Wildman–Crippen LogP) is 10.9. The van der Waals surface area contributed by atoms with Crippen LogP contribution in [0.2, 0.25) is 0 Å². The SMILES string of the molecule is CCc1ccc[c-]c1F.CCc1cccc(-c2cnc(N3CCC3)c(F)c2)c1F.Fc1cc(Br)cnc1N1CCC1.OCc1cccc(-c2cnc(N3CCC3)c(F)c2)c1F.[Y]. The van der Waals surface area contributed by atoms with Gasteiger partial charge in [0, 0.05) is 129 Å². The van der Waals surface area contributed by atoms with Crippen molar-refractivity contribution in [1.82, 2.24) is 15.0 Å². The van der Waals surface area contributed by atoms with Crippen LogP contribution in [0.4, 0.5) is 43.8 Å². The number of hydrogen-bond donors (Lipinski definition) is 1. The third kappa shape index (κ3) is 12.0. The van der Waals surface area contributed by atoms with Gasteiger partial charge in [-0.25, -0.2) is 41.3 Å². The molecule has 0 bridgehead atoms. The smallest absolute Gasteiger partial charge is 0.166 e. The van der Waals surface area contributed by atoms with Crippen LogP contribution in [0.3, 0.4) is 0 Å². The molecule has 15 heteroatoms. The van der Waals surface area contributed by atoms with Crippen LogP contribution in [0.15, 0.2) is 95.9 Å². The molecular formula is C47H46BrF6N6OY-. The number of aliphatic hydroxyl groups excluding tert-OH is 1. The summed E-state index contributed by atoms with van der Waals surface area (Å²) in [6, 6.07) is 21.6. The van der Waals surface area contributed by atoms with E-state index in [2.05, 4.69) is 36.9 Å². The first-order chi connectivity index (χ1) is 29.5. The van der Waals surface area contributed by atoms with Gasteiger partial charge in [-0.05, 0) is 65.4 Å². The largest absolute Gasteiger partial charge is 0.392 e. The standard InChI is InChI=1S/C16H16F2N2.C15H14F2N2O.C8H8BrFN2.C8H8F.Y/c1-2-11-5-3-6-13(15(11)18)12-9-14(17)16(19-10-12)20-7-4-8-20;16-13-7-11(8-18-15(13)19-5-2-6-19)12-4-1-3-10(9-20)14(12)17;9-6-4-7(10)8(11-5-6)12-2-1-3-12;1-2-7-5-3-4-6-8(7)9;/h3,5-6,9-10H,2,4,7-8H2,1H3;1,3-4,7-8,20H,2,5-6,9H2;4-5H,1-3H2;3-5H,2H2,1H3;/q;;;-1;. The molecule has 6 heterocycles. The van der Waals surface area contributed by atoms with E-state index in [1.54, 1.807) is 60.9 Å². The van der Waals surface area contributed by atoms with Crippen LogP contribution in [-0.4, -0.2) is 59.3 Å². The van der Waals surface area contributed by atoms with Crippen molar-refractivity contribution < 1.29 is 64.2 Å². The fourth-order valence-electron chi connectivity index (χ4n) is 6.57. The van der Waals surface area contributed by atoms with Crippen molar-refractivity contribution in [1.29, 1.82) is 0 Å². The summed E-state index contributed by atoms with van der Waals surface area (Å²) in [5.74, 6) is -0.959. The van der Waals surface area contributed by atoms with Crippen LogP contribution in [0.5, 0.6) is 0 Å². The Bertz CT molecular complexity index is 2300. The van der Waals surface area contributed by atoms with Crippen LogP contribution in [0, 0.1) is 41.0 Å². The van der Waals surface area contributed by atoms with Gasteiger partial charge in [0.1, 0.15) is 11.6 Å². The zero-order valence-electron chi connectivity index (χ0n) is 34.5. The van der Waals surface area contributed by atoms with E-state index >= 15 is 0 Å². The second-order valence-electron chi connectivity index (χ2n) is 14.5. The number of benzene rings is 3. The fourth-order valence-corrected chi connectivity index (χ4v) is 6.87. The number of aryl methyl sites for hydroxylation is 2. The zero-order chi connectivity index (χ0) is 43.5. The summed E-state index contributed by atoms with van der Waals surface area (Å²) in [5, 5.41) is 9.06. The number of rotatable bonds is 8. The zero-order valence-corrected chi connectivity index (χ0v) is 38.9. The van der Waals surface area contributed by atoms with Gasteiger partial charge in [-0.1, -0.05) is 56.7 Å². The summed E-state index contributed by atoms with van der Waals surface area (Å²) in [4.78, 5) is 17.9. The summed E-state index contributed by atoms with van der Waals surface area (Å²) in [7, 11) is 0. The summed E-state index contributed by atoms with van der Waals surface area (Å²) in [6.07, 6.45) is 9.23. The van der Waals surface area contributed by atoms with Gasteiger partial charge in [-0.15, -0.1) is 11.6 Å². The van der Waals surface area contributed by atoms with E-state index < -0.39 is 11.6 Å². The van der Waals surface area contributed by atoms with Crippen molar-refractivity contribution in [2.45, 2.75) is 52.6 Å². The predicted molar refractivity (Wildman–Crippen MR) is 231 cm³/mol. The van der Waals surface area contributed by atoms with Gasteiger partial charge >= 0.3 is 0 Å². The molecule has 3 aromatic heterocycles. The Morgan fingerprint density at radius 3 is 1.37 bits per heavy atom. The van der Waals surface area contributed by atoms with E-state index in [0.29, 0.717) is 50.6 Å². The molecule has 3 aromatic carbocycles. The number of aromatic nitrogens is 3. The molecule has 1 N–H and O–H groups in total. The minimum absolute atomic E-state index is 0. The average Bonchev–Trinajstić information content (AvgIpc) is 3.19. The first-order valence-electron chi connectivity index (χ1n) is 20.2. The Morgan fingerprint density at radius 1 is 0.581 bits per heavy atom. The summed E-state index contributed by atoms with van der Waals surface area (Å²) in [5.41, 5.74) is 3.07. The van der Waals surface area contributed by atoms with Gasteiger partial charge in [0.2, 0.25) is 0 Å². The summed E-state index contributed by atoms with van der Waals surface area (Å²) in [6.45, 7) is 8.56. The normalized spacial score (nSPS) is 13.7. The maximum Gasteiger partial charge on any atom is 0.166 e. The molecule has 0 atom stereocenters. The van der Waals surface area contributed by atoms with E-state index in [-0.39, 0.29) is 73.7 Å². The van der Waals surface area contributed by atoms with Crippen LogP contribution in [0.1, 0.15) is 49.8 Å². The Morgan fingerprint density at radius 2 is 1.00 bits per heavy atom. The van der Waals surface area contributed by atoms with E-state index in [4.69, 9.17) is 5.11 Å². The molecule has 0 saturated carbocycles. The maximum absolute atomic E-state index is 14.3. The third-order valence-electron chi connectivity index (χ3n) is 10.5. The Labute approximate surface area is 392 Å². The molecular weight excluding hydrogens is 947 g/mol. The van der Waals surface area contributed by atoms with Crippen molar-refractivity contribution >= 4 is 33.4 Å². The second-order valence-corrected chi connectivity index (χ2v) is 15.4. The molecule has 0 aliphatic carbocycles. The minimum Gasteiger partial charge on any atom is -0.392 e. The average molecular weight is 994 g/mol. The van der Waals surface area contributed by atoms with Crippen LogP contribution < -0.4 is 14.7 Å². The number of aliphatic hydroxyl groups is 1. The van der Waals surface area contributed by atoms with E-state index in [1.165, 1.54) is 30.5 Å². The molecule has 0 spiro atoms. The van der Waals surface area contributed by atoms with Crippen LogP contribution in [-0.2, 0) is 52.2 Å². The summed E-state index contributed by atoms with van der Waals surface area (Å²) < 4.78 is 82.9. The maximum atomic E-state index is 14.3. The Balaban J connectivity index is 0.000000163. The van der Waals surface area contributed by atoms with Gasteiger partial charge in [-0.2, -0.15) is 18.2 Å². The Kier molecular flexibility index (Phi) is 18.3. The molecule has 3 fully saturated rings. The minimum atomic E-state index is -0.534. The second kappa shape index (κ2) is 23.4. The molecule has 6 aromatic rings. The monoisotopic (exact) mass is 992 g/mol. The van der Waals surface area contributed by atoms with Crippen molar-refractivity contribution in [3.8, 4) is 22.3 Å². The molecule has 3 aliphatic rings. The molecule has 0 amide bonds. The van der Waals surface area contributed by atoms with Crippen molar-refractivity contribution in [2.75, 3.05) is 54.0 Å². The van der Waals surface area contributed by atoms with Gasteiger partial charge in [-0.3, -0.25) is 0 Å². The number of pyridine rings is 3. The number of hydrogen-bond acceptors (Lipinski definition) is 7. The quantitative estimate of drug-likeness (QED) is 0.120. The van der Waals surface area contributed by atoms with Gasteiger partial charge < -0.3 is 19.8 Å². The summed E-state index contributed by atoms with van der Waals surface area (Å²) >= 11 is 3.16.